The van der Waals surface area contributed by atoms with Gasteiger partial charge in [0.05, 0.1) is 23.9 Å². The zero-order valence-corrected chi connectivity index (χ0v) is 15.7. The maximum Gasteiger partial charge on any atom is 0.319 e. The van der Waals surface area contributed by atoms with Crippen LogP contribution < -0.4 is 15.5 Å². The molecule has 7 heteroatoms. The van der Waals surface area contributed by atoms with Crippen molar-refractivity contribution in [2.75, 3.05) is 25.5 Å². The number of carbonyl (C=O) groups is 2. The molecule has 0 aliphatic carbocycles. The quantitative estimate of drug-likeness (QED) is 0.857. The molecule has 0 spiro atoms. The number of amides is 3. The summed E-state index contributed by atoms with van der Waals surface area (Å²) in [7, 11) is 3.91. The number of hydrogen-bond donors (Lipinski definition) is 2. The van der Waals surface area contributed by atoms with E-state index in [0.29, 0.717) is 24.4 Å². The topological polar surface area (TPSA) is 64.7 Å². The average molecular weight is 380 g/mol. The first-order valence-corrected chi connectivity index (χ1v) is 9.04. The molecular weight excluding hydrogens is 359 g/mol. The van der Waals surface area contributed by atoms with Crippen LogP contribution in [0.1, 0.15) is 17.2 Å². The molecule has 2 aliphatic heterocycles. The summed E-state index contributed by atoms with van der Waals surface area (Å²) in [4.78, 5) is 28.9. The minimum absolute atomic E-state index is 0.131. The van der Waals surface area contributed by atoms with Crippen molar-refractivity contribution < 1.29 is 14.0 Å². The summed E-state index contributed by atoms with van der Waals surface area (Å²) in [5.41, 5.74) is 3.90. The molecule has 4 rings (SSSR count). The molecule has 28 heavy (non-hydrogen) atoms. The van der Waals surface area contributed by atoms with Crippen LogP contribution in [-0.4, -0.2) is 37.5 Å². The lowest BCUT2D eigenvalue weighted by molar-refractivity contribution is -0.126. The number of nitrogens with one attached hydrogen (secondary N) is 2. The van der Waals surface area contributed by atoms with Crippen molar-refractivity contribution in [3.05, 3.63) is 76.7 Å². The first-order chi connectivity index (χ1) is 13.4. The van der Waals surface area contributed by atoms with Crippen LogP contribution in [0.4, 0.5) is 14.9 Å². The number of hydrogen-bond acceptors (Lipinski definition) is 3. The van der Waals surface area contributed by atoms with Gasteiger partial charge in [-0.2, -0.15) is 0 Å². The van der Waals surface area contributed by atoms with E-state index in [1.165, 1.54) is 12.1 Å². The summed E-state index contributed by atoms with van der Waals surface area (Å²) >= 11 is 0. The van der Waals surface area contributed by atoms with Gasteiger partial charge in [0.15, 0.2) is 0 Å². The van der Waals surface area contributed by atoms with Gasteiger partial charge < -0.3 is 20.4 Å². The molecule has 0 bridgehead atoms. The number of nitrogens with zero attached hydrogens (tertiary/aromatic N) is 2. The number of halogens is 1. The standard InChI is InChI=1S/C21H21FN4O2/c1-25(2)16-9-5-14(6-10-16)19-18-17(23-21(28)24-19)12-26(20(18)27)11-13-3-7-15(22)8-4-13/h3-10,19H,11-12H2,1-2H3,(H2,23,24,28). The Kier molecular flexibility index (Phi) is 4.50. The first kappa shape index (κ1) is 18.0. The zero-order chi connectivity index (χ0) is 19.8. The van der Waals surface area contributed by atoms with Gasteiger partial charge in [0.1, 0.15) is 5.82 Å². The van der Waals surface area contributed by atoms with Crippen molar-refractivity contribution in [1.82, 2.24) is 15.5 Å². The van der Waals surface area contributed by atoms with Crippen molar-refractivity contribution in [3.63, 3.8) is 0 Å². The first-order valence-electron chi connectivity index (χ1n) is 9.04. The Labute approximate surface area is 162 Å². The maximum atomic E-state index is 13.1. The highest BCUT2D eigenvalue weighted by Crippen LogP contribution is 2.33. The van der Waals surface area contributed by atoms with Crippen molar-refractivity contribution in [1.29, 1.82) is 0 Å². The van der Waals surface area contributed by atoms with Crippen molar-refractivity contribution in [2.24, 2.45) is 0 Å². The molecule has 2 aromatic rings. The van der Waals surface area contributed by atoms with Crippen LogP contribution in [0.25, 0.3) is 0 Å². The van der Waals surface area contributed by atoms with Crippen LogP contribution >= 0.6 is 0 Å². The molecule has 2 aromatic carbocycles. The number of anilines is 1. The van der Waals surface area contributed by atoms with Gasteiger partial charge in [-0.05, 0) is 35.4 Å². The molecule has 2 N–H and O–H groups in total. The normalized spacial score (nSPS) is 18.7. The number of carbonyl (C=O) groups excluding carboxylic acids is 2. The number of rotatable bonds is 4. The Morgan fingerprint density at radius 2 is 1.75 bits per heavy atom. The molecule has 0 fully saturated rings. The van der Waals surface area contributed by atoms with Crippen molar-refractivity contribution >= 4 is 17.6 Å². The molecule has 2 aliphatic rings. The van der Waals surface area contributed by atoms with Crippen LogP contribution in [-0.2, 0) is 11.3 Å². The van der Waals surface area contributed by atoms with E-state index < -0.39 is 6.04 Å². The number of urea groups is 1. The van der Waals surface area contributed by atoms with Gasteiger partial charge in [-0.3, -0.25) is 4.79 Å². The van der Waals surface area contributed by atoms with Gasteiger partial charge in [0.2, 0.25) is 0 Å². The van der Waals surface area contributed by atoms with Gasteiger partial charge in [-0.1, -0.05) is 24.3 Å². The van der Waals surface area contributed by atoms with Crippen molar-refractivity contribution in [3.8, 4) is 0 Å². The van der Waals surface area contributed by atoms with E-state index in [0.717, 1.165) is 16.8 Å². The lowest BCUT2D eigenvalue weighted by Crippen LogP contribution is -2.44. The molecule has 0 saturated carbocycles. The summed E-state index contributed by atoms with van der Waals surface area (Å²) in [6, 6.07) is 13.0. The third-order valence-corrected chi connectivity index (χ3v) is 5.05. The largest absolute Gasteiger partial charge is 0.378 e. The van der Waals surface area contributed by atoms with E-state index in [2.05, 4.69) is 10.6 Å². The zero-order valence-electron chi connectivity index (χ0n) is 15.7. The fourth-order valence-electron chi connectivity index (χ4n) is 3.58. The summed E-state index contributed by atoms with van der Waals surface area (Å²) in [6.45, 7) is 0.680. The van der Waals surface area contributed by atoms with Crippen LogP contribution in [0.2, 0.25) is 0 Å². The summed E-state index contributed by atoms with van der Waals surface area (Å²) in [6.07, 6.45) is 0. The van der Waals surface area contributed by atoms with Gasteiger partial charge in [-0.15, -0.1) is 0 Å². The maximum absolute atomic E-state index is 13.1. The van der Waals surface area contributed by atoms with Gasteiger partial charge in [0.25, 0.3) is 5.91 Å². The SMILES string of the molecule is CN(C)c1ccc(C2NC(=O)NC3=C2C(=O)N(Cc2ccc(F)cc2)C3)cc1. The molecule has 2 heterocycles. The summed E-state index contributed by atoms with van der Waals surface area (Å²) in [5.74, 6) is -0.444. The minimum atomic E-state index is -0.495. The van der Waals surface area contributed by atoms with Crippen LogP contribution in [0.15, 0.2) is 59.8 Å². The predicted octanol–water partition coefficient (Wildman–Crippen LogP) is 2.54. The monoisotopic (exact) mass is 380 g/mol. The molecule has 0 saturated heterocycles. The highest BCUT2D eigenvalue weighted by molar-refractivity contribution is 6.01. The van der Waals surface area contributed by atoms with Gasteiger partial charge in [-0.25, -0.2) is 9.18 Å². The summed E-state index contributed by atoms with van der Waals surface area (Å²) in [5, 5.41) is 5.62. The van der Waals surface area contributed by atoms with E-state index >= 15 is 0 Å². The molecule has 0 radical (unpaired) electrons. The second kappa shape index (κ2) is 6.99. The van der Waals surface area contributed by atoms with Crippen LogP contribution in [0, 0.1) is 5.82 Å². The van der Waals surface area contributed by atoms with Gasteiger partial charge in [0, 0.05) is 26.3 Å². The minimum Gasteiger partial charge on any atom is -0.378 e. The Bertz CT molecular complexity index is 951. The fraction of sp³-hybridized carbons (Fsp3) is 0.238. The molecule has 0 aromatic heterocycles. The fourth-order valence-corrected chi connectivity index (χ4v) is 3.58. The summed E-state index contributed by atoms with van der Waals surface area (Å²) < 4.78 is 13.1. The van der Waals surface area contributed by atoms with E-state index in [1.54, 1.807) is 17.0 Å². The Morgan fingerprint density at radius 1 is 1.07 bits per heavy atom. The number of benzene rings is 2. The molecular formula is C21H21FN4O2. The Hall–Kier alpha value is -3.35. The second-order valence-corrected chi connectivity index (χ2v) is 7.20. The van der Waals surface area contributed by atoms with E-state index in [1.807, 2.05) is 43.3 Å². The molecule has 144 valence electrons. The Balaban J connectivity index is 1.59. The lowest BCUT2D eigenvalue weighted by atomic mass is 9.96. The second-order valence-electron chi connectivity index (χ2n) is 7.20. The highest BCUT2D eigenvalue weighted by atomic mass is 19.1. The lowest BCUT2D eigenvalue weighted by Gasteiger charge is -2.26. The van der Waals surface area contributed by atoms with E-state index in [4.69, 9.17) is 0 Å². The molecule has 1 unspecified atom stereocenters. The van der Waals surface area contributed by atoms with Crippen molar-refractivity contribution in [2.45, 2.75) is 12.6 Å². The molecule has 3 amide bonds. The third kappa shape index (κ3) is 3.31. The van der Waals surface area contributed by atoms with Gasteiger partial charge >= 0.3 is 6.03 Å². The van der Waals surface area contributed by atoms with E-state index in [9.17, 15) is 14.0 Å². The molecule has 6 nitrogen and oxygen atoms in total. The highest BCUT2D eigenvalue weighted by Gasteiger charge is 2.40. The van der Waals surface area contributed by atoms with E-state index in [-0.39, 0.29) is 17.8 Å². The predicted molar refractivity (Wildman–Crippen MR) is 104 cm³/mol. The van der Waals surface area contributed by atoms with Crippen LogP contribution in [0.5, 0.6) is 0 Å². The average Bonchev–Trinajstić information content (AvgIpc) is 2.98. The Morgan fingerprint density at radius 3 is 2.39 bits per heavy atom. The smallest absolute Gasteiger partial charge is 0.319 e. The van der Waals surface area contributed by atoms with Crippen LogP contribution in [0.3, 0.4) is 0 Å². The molecule has 1 atom stereocenters. The third-order valence-electron chi connectivity index (χ3n) is 5.05.